The molecule has 108 valence electrons. The quantitative estimate of drug-likeness (QED) is 0.875. The van der Waals surface area contributed by atoms with E-state index >= 15 is 0 Å². The van der Waals surface area contributed by atoms with Gasteiger partial charge in [-0.3, -0.25) is 9.59 Å². The fraction of sp³-hybridized carbons (Fsp3) is 0.200. The van der Waals surface area contributed by atoms with Crippen LogP contribution in [0.5, 0.6) is 0 Å². The number of aromatic amines is 1. The first kappa shape index (κ1) is 13.5. The Morgan fingerprint density at radius 2 is 2.05 bits per heavy atom. The van der Waals surface area contributed by atoms with Gasteiger partial charge in [0.15, 0.2) is 0 Å². The molecule has 1 amide bonds. The van der Waals surface area contributed by atoms with Crippen LogP contribution in [0.3, 0.4) is 0 Å². The molecule has 2 aromatic rings. The number of aryl methyl sites for hydroxylation is 1. The number of hydrogen-bond acceptors (Lipinski definition) is 2. The molecule has 1 aromatic heterocycles. The molecule has 1 aliphatic rings. The van der Waals surface area contributed by atoms with Crippen molar-refractivity contribution in [2.45, 2.75) is 13.3 Å². The molecule has 0 unspecified atom stereocenters. The van der Waals surface area contributed by atoms with E-state index in [2.05, 4.69) is 4.98 Å². The lowest BCUT2D eigenvalue weighted by atomic mass is 10.1. The molecule has 1 aromatic carbocycles. The highest BCUT2D eigenvalue weighted by Gasteiger charge is 2.29. The molecule has 0 atom stereocenters. The summed E-state index contributed by atoms with van der Waals surface area (Å²) >= 11 is 0. The number of pyridine rings is 1. The number of aromatic nitrogens is 1. The Labute approximate surface area is 119 Å². The predicted octanol–water partition coefficient (Wildman–Crippen LogP) is 2.16. The van der Waals surface area contributed by atoms with E-state index in [-0.39, 0.29) is 23.7 Å². The lowest BCUT2D eigenvalue weighted by molar-refractivity contribution is 0.0988. The van der Waals surface area contributed by atoms with E-state index in [1.807, 2.05) is 0 Å². The minimum Gasteiger partial charge on any atom is -0.326 e. The number of amides is 1. The largest absolute Gasteiger partial charge is 0.326 e. The molecular formula is C15H12F2N2O2. The van der Waals surface area contributed by atoms with Gasteiger partial charge in [0.05, 0.1) is 11.3 Å². The van der Waals surface area contributed by atoms with Crippen molar-refractivity contribution in [3.63, 3.8) is 0 Å². The van der Waals surface area contributed by atoms with Gasteiger partial charge in [-0.25, -0.2) is 8.78 Å². The van der Waals surface area contributed by atoms with Crippen LogP contribution in [-0.2, 0) is 6.42 Å². The Bertz CT molecular complexity index is 799. The van der Waals surface area contributed by atoms with Crippen molar-refractivity contribution in [3.8, 4) is 0 Å². The van der Waals surface area contributed by atoms with Gasteiger partial charge in [-0.05, 0) is 25.5 Å². The molecule has 3 rings (SSSR count). The summed E-state index contributed by atoms with van der Waals surface area (Å²) in [5, 5.41) is 0. The van der Waals surface area contributed by atoms with E-state index in [1.54, 1.807) is 6.92 Å². The molecule has 4 nitrogen and oxygen atoms in total. The van der Waals surface area contributed by atoms with E-state index in [9.17, 15) is 18.4 Å². The first-order chi connectivity index (χ1) is 9.97. The first-order valence-corrected chi connectivity index (χ1v) is 6.47. The summed E-state index contributed by atoms with van der Waals surface area (Å²) in [6, 6.07) is 4.65. The molecule has 0 saturated carbocycles. The molecule has 0 bridgehead atoms. The molecule has 0 saturated heterocycles. The van der Waals surface area contributed by atoms with Crippen LogP contribution in [0.1, 0.15) is 21.6 Å². The van der Waals surface area contributed by atoms with Crippen molar-refractivity contribution in [1.82, 2.24) is 4.98 Å². The second-order valence-corrected chi connectivity index (χ2v) is 4.95. The smallest absolute Gasteiger partial charge is 0.260 e. The average molecular weight is 290 g/mol. The highest BCUT2D eigenvalue weighted by molar-refractivity contribution is 6.07. The van der Waals surface area contributed by atoms with Gasteiger partial charge in [-0.15, -0.1) is 0 Å². The second kappa shape index (κ2) is 4.80. The number of nitrogens with zero attached hydrogens (tertiary/aromatic N) is 1. The average Bonchev–Trinajstić information content (AvgIpc) is 2.82. The topological polar surface area (TPSA) is 53.2 Å². The van der Waals surface area contributed by atoms with Crippen LogP contribution >= 0.6 is 0 Å². The number of anilines is 1. The van der Waals surface area contributed by atoms with Crippen molar-refractivity contribution in [3.05, 3.63) is 63.1 Å². The monoisotopic (exact) mass is 290 g/mol. The summed E-state index contributed by atoms with van der Waals surface area (Å²) in [7, 11) is 0. The van der Waals surface area contributed by atoms with E-state index in [0.717, 1.165) is 12.1 Å². The van der Waals surface area contributed by atoms with Gasteiger partial charge in [0.25, 0.3) is 5.91 Å². The number of H-pyrrole nitrogens is 1. The number of benzene rings is 1. The van der Waals surface area contributed by atoms with Gasteiger partial charge >= 0.3 is 0 Å². The van der Waals surface area contributed by atoms with Gasteiger partial charge in [0.1, 0.15) is 11.6 Å². The van der Waals surface area contributed by atoms with Crippen LogP contribution in [0, 0.1) is 18.6 Å². The number of halogens is 2. The third-order valence-electron chi connectivity index (χ3n) is 3.60. The van der Waals surface area contributed by atoms with Crippen LogP contribution in [-0.4, -0.2) is 17.4 Å². The molecule has 0 spiro atoms. The number of nitrogens with one attached hydrogen (secondary N) is 1. The lowest BCUT2D eigenvalue weighted by Crippen LogP contribution is -2.30. The fourth-order valence-corrected chi connectivity index (χ4v) is 2.59. The van der Waals surface area contributed by atoms with Crippen molar-refractivity contribution < 1.29 is 13.6 Å². The Morgan fingerprint density at radius 3 is 2.76 bits per heavy atom. The standard InChI is InChI=1S/C15H12F2N2O2/c1-8-10(2-3-14(20)18-8)15(21)19-5-4-11-12(17)6-9(16)7-13(11)19/h2-3,6-7H,4-5H2,1H3,(H,18,20). The zero-order chi connectivity index (χ0) is 15.1. The van der Waals surface area contributed by atoms with Gasteiger partial charge in [0, 0.05) is 29.9 Å². The Balaban J connectivity index is 2.04. The number of carbonyl (C=O) groups is 1. The molecule has 21 heavy (non-hydrogen) atoms. The number of rotatable bonds is 1. The second-order valence-electron chi connectivity index (χ2n) is 4.95. The van der Waals surface area contributed by atoms with E-state index in [4.69, 9.17) is 0 Å². The maximum Gasteiger partial charge on any atom is 0.260 e. The van der Waals surface area contributed by atoms with Crippen LogP contribution in [0.4, 0.5) is 14.5 Å². The Kier molecular flexibility index (Phi) is 3.08. The summed E-state index contributed by atoms with van der Waals surface area (Å²) in [5.41, 5.74) is 1.03. The van der Waals surface area contributed by atoms with Crippen LogP contribution in [0.15, 0.2) is 29.1 Å². The highest BCUT2D eigenvalue weighted by atomic mass is 19.1. The van der Waals surface area contributed by atoms with Crippen LogP contribution in [0.25, 0.3) is 0 Å². The van der Waals surface area contributed by atoms with Gasteiger partial charge < -0.3 is 9.88 Å². The zero-order valence-electron chi connectivity index (χ0n) is 11.2. The van der Waals surface area contributed by atoms with Crippen molar-refractivity contribution in [2.75, 3.05) is 11.4 Å². The summed E-state index contributed by atoms with van der Waals surface area (Å²) in [5.74, 6) is -1.74. The van der Waals surface area contributed by atoms with Gasteiger partial charge in [-0.2, -0.15) is 0 Å². The maximum atomic E-state index is 13.7. The minimum absolute atomic E-state index is 0.253. The molecular weight excluding hydrogens is 278 g/mol. The van der Waals surface area contributed by atoms with E-state index in [0.29, 0.717) is 23.2 Å². The third-order valence-corrected chi connectivity index (χ3v) is 3.60. The summed E-state index contributed by atoms with van der Waals surface area (Å²) in [6.07, 6.45) is 0.343. The predicted molar refractivity (Wildman–Crippen MR) is 73.5 cm³/mol. The first-order valence-electron chi connectivity index (χ1n) is 6.47. The fourth-order valence-electron chi connectivity index (χ4n) is 2.59. The summed E-state index contributed by atoms with van der Waals surface area (Å²) in [4.78, 5) is 27.6. The molecule has 0 radical (unpaired) electrons. The van der Waals surface area contributed by atoms with E-state index < -0.39 is 11.6 Å². The molecule has 1 aliphatic heterocycles. The minimum atomic E-state index is -0.718. The molecule has 1 N–H and O–H groups in total. The number of hydrogen-bond donors (Lipinski definition) is 1. The maximum absolute atomic E-state index is 13.7. The molecule has 0 fully saturated rings. The highest BCUT2D eigenvalue weighted by Crippen LogP contribution is 2.32. The van der Waals surface area contributed by atoms with Crippen molar-refractivity contribution >= 4 is 11.6 Å². The molecule has 2 heterocycles. The van der Waals surface area contributed by atoms with Crippen LogP contribution < -0.4 is 10.5 Å². The normalized spacial score (nSPS) is 13.4. The SMILES string of the molecule is Cc1[nH]c(=O)ccc1C(=O)N1CCc2c(F)cc(F)cc21. The van der Waals surface area contributed by atoms with E-state index in [1.165, 1.54) is 17.0 Å². The zero-order valence-corrected chi connectivity index (χ0v) is 11.2. The van der Waals surface area contributed by atoms with Gasteiger partial charge in [-0.1, -0.05) is 0 Å². The molecule has 0 aliphatic carbocycles. The van der Waals surface area contributed by atoms with Gasteiger partial charge in [0.2, 0.25) is 5.56 Å². The number of carbonyl (C=O) groups excluding carboxylic acids is 1. The third kappa shape index (κ3) is 2.22. The van der Waals surface area contributed by atoms with Crippen LogP contribution in [0.2, 0.25) is 0 Å². The Morgan fingerprint density at radius 1 is 1.29 bits per heavy atom. The van der Waals surface area contributed by atoms with Crippen molar-refractivity contribution in [1.29, 1.82) is 0 Å². The lowest BCUT2D eigenvalue weighted by Gasteiger charge is -2.18. The Hall–Kier alpha value is -2.50. The summed E-state index contributed by atoms with van der Waals surface area (Å²) < 4.78 is 27.1. The molecule has 6 heteroatoms. The number of fused-ring (bicyclic) bond motifs is 1. The summed E-state index contributed by atoms with van der Waals surface area (Å²) in [6.45, 7) is 1.89. The van der Waals surface area contributed by atoms with Crippen molar-refractivity contribution in [2.24, 2.45) is 0 Å².